The lowest BCUT2D eigenvalue weighted by Crippen LogP contribution is -2.44. The molecule has 2 aromatic rings. The van der Waals surface area contributed by atoms with Crippen molar-refractivity contribution in [3.63, 3.8) is 0 Å². The first-order valence-electron chi connectivity index (χ1n) is 9.32. The Hall–Kier alpha value is -2.41. The predicted octanol–water partition coefficient (Wildman–Crippen LogP) is 2.78. The number of nitrogens with one attached hydrogen (secondary N) is 1. The van der Waals surface area contributed by atoms with Crippen LogP contribution in [0.2, 0.25) is 0 Å². The Morgan fingerprint density at radius 1 is 1.37 bits per heavy atom. The van der Waals surface area contributed by atoms with Gasteiger partial charge in [-0.3, -0.25) is 9.89 Å². The van der Waals surface area contributed by atoms with Gasteiger partial charge in [0.05, 0.1) is 5.69 Å². The van der Waals surface area contributed by atoms with Crippen LogP contribution in [0.5, 0.6) is 5.75 Å². The van der Waals surface area contributed by atoms with Crippen LogP contribution < -0.4 is 4.74 Å². The first-order chi connectivity index (χ1) is 12.9. The summed E-state index contributed by atoms with van der Waals surface area (Å²) in [5, 5.41) is 7.54. The molecule has 6 nitrogen and oxygen atoms in total. The Bertz CT molecular complexity index is 769. The van der Waals surface area contributed by atoms with Crippen molar-refractivity contribution in [3.8, 4) is 5.75 Å². The van der Waals surface area contributed by atoms with Crippen LogP contribution in [0.15, 0.2) is 30.3 Å². The molecule has 1 aromatic heterocycles. The number of rotatable bonds is 6. The zero-order chi connectivity index (χ0) is 19.4. The fourth-order valence-electron chi connectivity index (χ4n) is 3.46. The number of nitrogens with zero attached hydrogens (tertiary/aromatic N) is 3. The molecule has 1 N–H and O–H groups in total. The van der Waals surface area contributed by atoms with Crippen LogP contribution in [0.1, 0.15) is 37.1 Å². The van der Waals surface area contributed by atoms with Crippen molar-refractivity contribution in [3.05, 3.63) is 47.5 Å². The number of halogens is 1. The molecule has 0 spiro atoms. The van der Waals surface area contributed by atoms with E-state index >= 15 is 0 Å². The van der Waals surface area contributed by atoms with E-state index in [-0.39, 0.29) is 11.7 Å². The highest BCUT2D eigenvalue weighted by Gasteiger charge is 2.28. The van der Waals surface area contributed by atoms with Gasteiger partial charge in [-0.2, -0.15) is 5.10 Å². The molecule has 2 heterocycles. The third-order valence-electron chi connectivity index (χ3n) is 4.82. The molecule has 0 aliphatic carbocycles. The molecule has 1 fully saturated rings. The standard InChI is InChI=1S/C20H27FN4O2/c1-14(27-18-6-4-5-16(21)11-18)20(26)25-9-7-15(8-10-25)19-12-17(22-23-19)13-24(2)3/h4-6,11-12,14-15H,7-10,13H2,1-3H3,(H,22,23). The van der Waals surface area contributed by atoms with E-state index in [1.165, 1.54) is 12.1 Å². The van der Waals surface area contributed by atoms with Crippen molar-refractivity contribution in [2.24, 2.45) is 0 Å². The summed E-state index contributed by atoms with van der Waals surface area (Å²) in [5.41, 5.74) is 2.17. The highest BCUT2D eigenvalue weighted by atomic mass is 19.1. The second-order valence-electron chi connectivity index (χ2n) is 7.37. The largest absolute Gasteiger partial charge is 0.481 e. The maximum absolute atomic E-state index is 13.3. The van der Waals surface area contributed by atoms with Crippen molar-refractivity contribution in [2.75, 3.05) is 27.2 Å². The number of benzene rings is 1. The van der Waals surface area contributed by atoms with Crippen molar-refractivity contribution >= 4 is 5.91 Å². The predicted molar refractivity (Wildman–Crippen MR) is 101 cm³/mol. The fraction of sp³-hybridized carbons (Fsp3) is 0.500. The second-order valence-corrected chi connectivity index (χ2v) is 7.37. The smallest absolute Gasteiger partial charge is 0.263 e. The van der Waals surface area contributed by atoms with Gasteiger partial charge in [-0.1, -0.05) is 6.07 Å². The molecule has 3 rings (SSSR count). The van der Waals surface area contributed by atoms with Crippen LogP contribution in [0, 0.1) is 5.82 Å². The Morgan fingerprint density at radius 2 is 2.11 bits per heavy atom. The van der Waals surface area contributed by atoms with Gasteiger partial charge >= 0.3 is 0 Å². The first-order valence-corrected chi connectivity index (χ1v) is 9.32. The van der Waals surface area contributed by atoms with Gasteiger partial charge in [0.1, 0.15) is 11.6 Å². The minimum absolute atomic E-state index is 0.0620. The first kappa shape index (κ1) is 19.4. The maximum Gasteiger partial charge on any atom is 0.263 e. The summed E-state index contributed by atoms with van der Waals surface area (Å²) in [6, 6.07) is 7.99. The summed E-state index contributed by atoms with van der Waals surface area (Å²) in [6.07, 6.45) is 1.12. The number of ether oxygens (including phenoxy) is 1. The number of hydrogen-bond acceptors (Lipinski definition) is 4. The number of H-pyrrole nitrogens is 1. The Kier molecular flexibility index (Phi) is 6.11. The Morgan fingerprint density at radius 3 is 2.78 bits per heavy atom. The maximum atomic E-state index is 13.3. The zero-order valence-corrected chi connectivity index (χ0v) is 16.1. The van der Waals surface area contributed by atoms with Gasteiger partial charge in [-0.05, 0) is 52.1 Å². The van der Waals surface area contributed by atoms with Gasteiger partial charge in [0, 0.05) is 37.3 Å². The van der Waals surface area contributed by atoms with Gasteiger partial charge in [-0.15, -0.1) is 0 Å². The molecule has 1 aliphatic heterocycles. The molecule has 1 amide bonds. The van der Waals surface area contributed by atoms with Crippen molar-refractivity contribution in [1.29, 1.82) is 0 Å². The molecule has 27 heavy (non-hydrogen) atoms. The molecule has 0 saturated carbocycles. The fourth-order valence-corrected chi connectivity index (χ4v) is 3.46. The minimum Gasteiger partial charge on any atom is -0.481 e. The van der Waals surface area contributed by atoms with Crippen molar-refractivity contribution in [1.82, 2.24) is 20.0 Å². The van der Waals surface area contributed by atoms with E-state index in [1.807, 2.05) is 19.0 Å². The summed E-state index contributed by atoms with van der Waals surface area (Å²) in [5.74, 6) is 0.296. The summed E-state index contributed by atoms with van der Waals surface area (Å²) < 4.78 is 18.9. The summed E-state index contributed by atoms with van der Waals surface area (Å²) in [6.45, 7) is 3.90. The van der Waals surface area contributed by atoms with Crippen LogP contribution >= 0.6 is 0 Å². The van der Waals surface area contributed by atoms with Gasteiger partial charge in [0.15, 0.2) is 6.10 Å². The number of likely N-dealkylation sites (tertiary alicyclic amines) is 1. The zero-order valence-electron chi connectivity index (χ0n) is 16.1. The summed E-state index contributed by atoms with van der Waals surface area (Å²) >= 11 is 0. The highest BCUT2D eigenvalue weighted by Crippen LogP contribution is 2.28. The molecule has 1 saturated heterocycles. The second kappa shape index (κ2) is 8.52. The number of piperidine rings is 1. The Balaban J connectivity index is 1.52. The summed E-state index contributed by atoms with van der Waals surface area (Å²) in [4.78, 5) is 16.6. The molecular weight excluding hydrogens is 347 g/mol. The van der Waals surface area contributed by atoms with Gasteiger partial charge in [-0.25, -0.2) is 4.39 Å². The monoisotopic (exact) mass is 374 g/mol. The Labute approximate surface area is 159 Å². The normalized spacial score (nSPS) is 16.6. The van der Waals surface area contributed by atoms with E-state index in [9.17, 15) is 9.18 Å². The quantitative estimate of drug-likeness (QED) is 0.845. The average Bonchev–Trinajstić information content (AvgIpc) is 3.09. The average molecular weight is 374 g/mol. The summed E-state index contributed by atoms with van der Waals surface area (Å²) in [7, 11) is 4.05. The van der Waals surface area contributed by atoms with E-state index in [2.05, 4.69) is 21.2 Å². The van der Waals surface area contributed by atoms with Crippen LogP contribution in [0.25, 0.3) is 0 Å². The number of carbonyl (C=O) groups is 1. The molecule has 0 radical (unpaired) electrons. The molecule has 0 bridgehead atoms. The van der Waals surface area contributed by atoms with Gasteiger partial charge in [0.2, 0.25) is 0 Å². The molecule has 146 valence electrons. The molecule has 1 aromatic carbocycles. The molecule has 7 heteroatoms. The highest BCUT2D eigenvalue weighted by molar-refractivity contribution is 5.81. The van der Waals surface area contributed by atoms with Gasteiger partial charge < -0.3 is 14.5 Å². The number of amides is 1. The van der Waals surface area contributed by atoms with Crippen LogP contribution in [0.4, 0.5) is 4.39 Å². The number of aromatic nitrogens is 2. The lowest BCUT2D eigenvalue weighted by atomic mass is 9.93. The minimum atomic E-state index is -0.638. The van der Waals surface area contributed by atoms with Crippen LogP contribution in [0.3, 0.4) is 0 Å². The van der Waals surface area contributed by atoms with Crippen molar-refractivity contribution in [2.45, 2.75) is 38.3 Å². The number of hydrogen-bond donors (Lipinski definition) is 1. The molecule has 1 atom stereocenters. The van der Waals surface area contributed by atoms with Crippen LogP contribution in [-0.2, 0) is 11.3 Å². The third-order valence-corrected chi connectivity index (χ3v) is 4.82. The topological polar surface area (TPSA) is 61.5 Å². The molecule has 1 aliphatic rings. The third kappa shape index (κ3) is 5.07. The molecule has 1 unspecified atom stereocenters. The van der Waals surface area contributed by atoms with E-state index in [4.69, 9.17) is 4.74 Å². The number of aromatic amines is 1. The van der Waals surface area contributed by atoms with E-state index in [0.29, 0.717) is 24.8 Å². The number of carbonyl (C=O) groups excluding carboxylic acids is 1. The SMILES string of the molecule is CC(Oc1cccc(F)c1)C(=O)N1CCC(c2cc(CN(C)C)[nH]n2)CC1. The van der Waals surface area contributed by atoms with E-state index in [0.717, 1.165) is 30.8 Å². The lowest BCUT2D eigenvalue weighted by molar-refractivity contribution is -0.139. The van der Waals surface area contributed by atoms with E-state index in [1.54, 1.807) is 19.1 Å². The van der Waals surface area contributed by atoms with Gasteiger partial charge in [0.25, 0.3) is 5.91 Å². The molecular formula is C20H27FN4O2. The lowest BCUT2D eigenvalue weighted by Gasteiger charge is -2.33. The van der Waals surface area contributed by atoms with E-state index < -0.39 is 6.10 Å². The van der Waals surface area contributed by atoms with Crippen molar-refractivity contribution < 1.29 is 13.9 Å². The van der Waals surface area contributed by atoms with Crippen LogP contribution in [-0.4, -0.2) is 59.2 Å².